The Morgan fingerprint density at radius 3 is 2.35 bits per heavy atom. The summed E-state index contributed by atoms with van der Waals surface area (Å²) in [6.45, 7) is 4.78. The molecular weight excluding hydrogens is 274 g/mol. The highest BCUT2D eigenvalue weighted by Gasteiger charge is 2.37. The summed E-state index contributed by atoms with van der Waals surface area (Å²) in [7, 11) is 0. The quantitative estimate of drug-likeness (QED) is 0.721. The van der Waals surface area contributed by atoms with E-state index in [0.717, 1.165) is 0 Å². The molecule has 0 radical (unpaired) electrons. The molecule has 0 bridgehead atoms. The Bertz CT molecular complexity index is 343. The van der Waals surface area contributed by atoms with E-state index in [0.29, 0.717) is 16.2 Å². The van der Waals surface area contributed by atoms with E-state index in [1.54, 1.807) is 0 Å². The van der Waals surface area contributed by atoms with E-state index >= 15 is 0 Å². The Hall–Kier alpha value is -0.370. The van der Waals surface area contributed by atoms with Gasteiger partial charge in [0.2, 0.25) is 0 Å². The SMILES string of the molecule is CC(c1ccncc1)C(Br)C1(C)CCCCC1. The number of pyridine rings is 1. The predicted octanol–water partition coefficient (Wildman–Crippen LogP) is 4.92. The molecule has 0 aromatic carbocycles. The molecule has 1 aromatic rings. The Morgan fingerprint density at radius 1 is 1.18 bits per heavy atom. The van der Waals surface area contributed by atoms with Crippen molar-refractivity contribution in [2.75, 3.05) is 0 Å². The third-order valence-corrected chi connectivity index (χ3v) is 6.23. The van der Waals surface area contributed by atoms with Crippen molar-refractivity contribution in [1.29, 1.82) is 0 Å². The highest BCUT2D eigenvalue weighted by Crippen LogP contribution is 2.47. The smallest absolute Gasteiger partial charge is 0.0270 e. The standard InChI is InChI=1S/C15H22BrN/c1-12(13-6-10-17-11-7-13)14(16)15(2)8-4-3-5-9-15/h6-7,10-12,14H,3-5,8-9H2,1-2H3. The van der Waals surface area contributed by atoms with Crippen molar-refractivity contribution in [1.82, 2.24) is 4.98 Å². The normalized spacial score (nSPS) is 23.0. The maximum absolute atomic E-state index is 4.10. The van der Waals surface area contributed by atoms with Crippen LogP contribution in [0, 0.1) is 5.41 Å². The molecule has 2 unspecified atom stereocenters. The van der Waals surface area contributed by atoms with Crippen LogP contribution in [0.1, 0.15) is 57.4 Å². The zero-order valence-electron chi connectivity index (χ0n) is 10.8. The van der Waals surface area contributed by atoms with Crippen molar-refractivity contribution < 1.29 is 0 Å². The average Bonchev–Trinajstić information content (AvgIpc) is 2.39. The third kappa shape index (κ3) is 2.90. The molecular formula is C15H22BrN. The molecule has 1 nitrogen and oxygen atoms in total. The summed E-state index contributed by atoms with van der Waals surface area (Å²) in [4.78, 5) is 4.67. The van der Waals surface area contributed by atoms with Crippen molar-refractivity contribution in [3.8, 4) is 0 Å². The van der Waals surface area contributed by atoms with E-state index in [1.165, 1.54) is 37.7 Å². The van der Waals surface area contributed by atoms with Crippen LogP contribution in [0.15, 0.2) is 24.5 Å². The van der Waals surface area contributed by atoms with E-state index in [1.807, 2.05) is 12.4 Å². The van der Waals surface area contributed by atoms with Crippen LogP contribution in [-0.2, 0) is 0 Å². The molecule has 0 spiro atoms. The van der Waals surface area contributed by atoms with Gasteiger partial charge in [-0.25, -0.2) is 0 Å². The van der Waals surface area contributed by atoms with Crippen molar-refractivity contribution in [3.05, 3.63) is 30.1 Å². The fraction of sp³-hybridized carbons (Fsp3) is 0.667. The molecule has 94 valence electrons. The van der Waals surface area contributed by atoms with Crippen LogP contribution in [0.25, 0.3) is 0 Å². The molecule has 1 heterocycles. The molecule has 0 aliphatic heterocycles. The number of hydrogen-bond donors (Lipinski definition) is 0. The summed E-state index contributed by atoms with van der Waals surface area (Å²) < 4.78 is 0. The monoisotopic (exact) mass is 295 g/mol. The molecule has 2 heteroatoms. The van der Waals surface area contributed by atoms with Gasteiger partial charge in [-0.2, -0.15) is 0 Å². The van der Waals surface area contributed by atoms with Crippen LogP contribution < -0.4 is 0 Å². The Kier molecular flexibility index (Phi) is 4.24. The van der Waals surface area contributed by atoms with Crippen LogP contribution >= 0.6 is 15.9 Å². The topological polar surface area (TPSA) is 12.9 Å². The minimum atomic E-state index is 0.459. The summed E-state index contributed by atoms with van der Waals surface area (Å²) in [6, 6.07) is 4.29. The summed E-state index contributed by atoms with van der Waals surface area (Å²) in [6.07, 6.45) is 10.7. The van der Waals surface area contributed by atoms with E-state index < -0.39 is 0 Å². The lowest BCUT2D eigenvalue weighted by molar-refractivity contribution is 0.200. The zero-order valence-corrected chi connectivity index (χ0v) is 12.4. The Labute approximate surface area is 113 Å². The summed E-state index contributed by atoms with van der Waals surface area (Å²) in [5, 5.41) is 0. The minimum absolute atomic E-state index is 0.459. The molecule has 1 saturated carbocycles. The largest absolute Gasteiger partial charge is 0.265 e. The maximum atomic E-state index is 4.10. The van der Waals surface area contributed by atoms with Gasteiger partial charge in [-0.05, 0) is 41.9 Å². The second-order valence-electron chi connectivity index (χ2n) is 5.69. The number of aromatic nitrogens is 1. The van der Waals surface area contributed by atoms with Crippen LogP contribution in [0.4, 0.5) is 0 Å². The van der Waals surface area contributed by atoms with Gasteiger partial charge in [-0.15, -0.1) is 0 Å². The molecule has 0 N–H and O–H groups in total. The van der Waals surface area contributed by atoms with Crippen LogP contribution in [0.5, 0.6) is 0 Å². The number of rotatable bonds is 3. The molecule has 1 aliphatic carbocycles. The summed E-state index contributed by atoms with van der Waals surface area (Å²) >= 11 is 3.98. The molecule has 2 rings (SSSR count). The predicted molar refractivity (Wildman–Crippen MR) is 76.6 cm³/mol. The van der Waals surface area contributed by atoms with Gasteiger partial charge in [0.05, 0.1) is 0 Å². The number of alkyl halides is 1. The minimum Gasteiger partial charge on any atom is -0.265 e. The van der Waals surface area contributed by atoms with Crippen molar-refractivity contribution in [2.24, 2.45) is 5.41 Å². The van der Waals surface area contributed by atoms with E-state index in [9.17, 15) is 0 Å². The van der Waals surface area contributed by atoms with Gasteiger partial charge in [-0.3, -0.25) is 4.98 Å². The highest BCUT2D eigenvalue weighted by molar-refractivity contribution is 9.09. The average molecular weight is 296 g/mol. The number of halogens is 1. The van der Waals surface area contributed by atoms with Gasteiger partial charge in [0.25, 0.3) is 0 Å². The van der Waals surface area contributed by atoms with Gasteiger partial charge < -0.3 is 0 Å². The molecule has 1 aromatic heterocycles. The van der Waals surface area contributed by atoms with Gasteiger partial charge in [0.15, 0.2) is 0 Å². The van der Waals surface area contributed by atoms with E-state index in [2.05, 4.69) is 46.9 Å². The summed E-state index contributed by atoms with van der Waals surface area (Å²) in [5.74, 6) is 0.557. The lowest BCUT2D eigenvalue weighted by atomic mass is 9.70. The first-order chi connectivity index (χ1) is 8.13. The Balaban J connectivity index is 2.11. The maximum Gasteiger partial charge on any atom is 0.0270 e. The molecule has 1 fully saturated rings. The molecule has 2 atom stereocenters. The highest BCUT2D eigenvalue weighted by atomic mass is 79.9. The number of nitrogens with zero attached hydrogens (tertiary/aromatic N) is 1. The van der Waals surface area contributed by atoms with Crippen molar-refractivity contribution in [2.45, 2.75) is 56.7 Å². The second kappa shape index (κ2) is 5.51. The molecule has 0 amide bonds. The van der Waals surface area contributed by atoms with Gasteiger partial charge in [0, 0.05) is 17.2 Å². The fourth-order valence-electron chi connectivity index (χ4n) is 3.07. The van der Waals surface area contributed by atoms with Crippen LogP contribution in [0.3, 0.4) is 0 Å². The van der Waals surface area contributed by atoms with E-state index in [-0.39, 0.29) is 0 Å². The molecule has 0 saturated heterocycles. The molecule has 17 heavy (non-hydrogen) atoms. The zero-order chi connectivity index (χ0) is 12.3. The first-order valence-electron chi connectivity index (χ1n) is 6.67. The first kappa shape index (κ1) is 13.1. The summed E-state index contributed by atoms with van der Waals surface area (Å²) in [5.41, 5.74) is 1.86. The van der Waals surface area contributed by atoms with Crippen molar-refractivity contribution in [3.63, 3.8) is 0 Å². The lowest BCUT2D eigenvalue weighted by Crippen LogP contribution is -2.33. The van der Waals surface area contributed by atoms with Crippen molar-refractivity contribution >= 4 is 15.9 Å². The molecule has 1 aliphatic rings. The Morgan fingerprint density at radius 2 is 1.76 bits per heavy atom. The van der Waals surface area contributed by atoms with E-state index in [4.69, 9.17) is 0 Å². The van der Waals surface area contributed by atoms with Crippen LogP contribution in [-0.4, -0.2) is 9.81 Å². The fourth-order valence-corrected chi connectivity index (χ4v) is 3.84. The lowest BCUT2D eigenvalue weighted by Gasteiger charge is -2.41. The van der Waals surface area contributed by atoms with Gasteiger partial charge in [-0.1, -0.05) is 49.0 Å². The first-order valence-corrected chi connectivity index (χ1v) is 7.59. The number of hydrogen-bond acceptors (Lipinski definition) is 1. The van der Waals surface area contributed by atoms with Crippen LogP contribution in [0.2, 0.25) is 0 Å². The van der Waals surface area contributed by atoms with Gasteiger partial charge >= 0.3 is 0 Å². The van der Waals surface area contributed by atoms with Gasteiger partial charge in [0.1, 0.15) is 0 Å². The third-order valence-electron chi connectivity index (χ3n) is 4.33. The second-order valence-corrected chi connectivity index (χ2v) is 6.67.